The molecule has 3 aromatic rings. The fourth-order valence-corrected chi connectivity index (χ4v) is 2.70. The van der Waals surface area contributed by atoms with Crippen LogP contribution < -0.4 is 4.74 Å². The molecular formula is C21H23N3O2. The summed E-state index contributed by atoms with van der Waals surface area (Å²) in [6, 6.07) is 15.7. The summed E-state index contributed by atoms with van der Waals surface area (Å²) in [6.45, 7) is 7.82. The molecule has 0 aliphatic rings. The van der Waals surface area contributed by atoms with Crippen molar-refractivity contribution in [2.75, 3.05) is 0 Å². The fraction of sp³-hybridized carbons (Fsp3) is 0.286. The molecule has 2 aromatic carbocycles. The topological polar surface area (TPSA) is 57.0 Å². The molecule has 0 spiro atoms. The van der Waals surface area contributed by atoms with Crippen LogP contribution in [0.25, 0.3) is 11.4 Å². The Bertz CT molecular complexity index is 911. The highest BCUT2D eigenvalue weighted by molar-refractivity contribution is 5.98. The largest absolute Gasteiger partial charge is 0.460 e. The van der Waals surface area contributed by atoms with E-state index in [1.165, 1.54) is 10.2 Å². The summed E-state index contributed by atoms with van der Waals surface area (Å²) in [5.41, 5.74) is 3.55. The lowest BCUT2D eigenvalue weighted by Gasteiger charge is -2.07. The molecule has 0 radical (unpaired) electrons. The third-order valence-corrected chi connectivity index (χ3v) is 4.12. The van der Waals surface area contributed by atoms with Gasteiger partial charge in [0.05, 0.1) is 6.10 Å². The van der Waals surface area contributed by atoms with Gasteiger partial charge in [-0.1, -0.05) is 49.4 Å². The third-order valence-electron chi connectivity index (χ3n) is 4.12. The van der Waals surface area contributed by atoms with Crippen LogP contribution in [0, 0.1) is 6.92 Å². The number of carbonyl (C=O) groups excluding carboxylic acids is 1. The molecule has 134 valence electrons. The van der Waals surface area contributed by atoms with Crippen LogP contribution in [-0.2, 0) is 6.42 Å². The zero-order valence-corrected chi connectivity index (χ0v) is 15.6. The number of aromatic nitrogens is 3. The van der Waals surface area contributed by atoms with E-state index in [1.807, 2.05) is 63.2 Å². The normalized spacial score (nSPS) is 11.0. The lowest BCUT2D eigenvalue weighted by molar-refractivity contribution is 0.0942. The van der Waals surface area contributed by atoms with Gasteiger partial charge in [-0.3, -0.25) is 4.79 Å². The number of ether oxygens (including phenoxy) is 1. The molecule has 0 saturated heterocycles. The lowest BCUT2D eigenvalue weighted by Crippen LogP contribution is -2.16. The average molecular weight is 349 g/mol. The predicted octanol–water partition coefficient (Wildman–Crippen LogP) is 4.29. The highest BCUT2D eigenvalue weighted by Gasteiger charge is 2.21. The number of rotatable bonds is 5. The molecule has 0 amide bonds. The molecule has 0 saturated carbocycles. The Labute approximate surface area is 153 Å². The lowest BCUT2D eigenvalue weighted by atomic mass is 10.1. The van der Waals surface area contributed by atoms with Gasteiger partial charge in [0.15, 0.2) is 5.82 Å². The van der Waals surface area contributed by atoms with Gasteiger partial charge >= 0.3 is 6.01 Å². The average Bonchev–Trinajstić information content (AvgIpc) is 3.04. The minimum atomic E-state index is -0.219. The Hall–Kier alpha value is -2.95. The van der Waals surface area contributed by atoms with Gasteiger partial charge in [0, 0.05) is 11.1 Å². The van der Waals surface area contributed by atoms with Crippen molar-refractivity contribution < 1.29 is 9.53 Å². The minimum Gasteiger partial charge on any atom is -0.460 e. The van der Waals surface area contributed by atoms with Gasteiger partial charge in [-0.05, 0) is 44.4 Å². The van der Waals surface area contributed by atoms with Crippen molar-refractivity contribution in [3.05, 3.63) is 65.2 Å². The van der Waals surface area contributed by atoms with Crippen molar-refractivity contribution in [2.24, 2.45) is 0 Å². The van der Waals surface area contributed by atoms with Crippen LogP contribution in [-0.4, -0.2) is 26.8 Å². The molecule has 1 heterocycles. The number of benzene rings is 2. The van der Waals surface area contributed by atoms with E-state index in [-0.39, 0.29) is 18.0 Å². The van der Waals surface area contributed by atoms with E-state index in [9.17, 15) is 4.79 Å². The maximum atomic E-state index is 13.1. The second-order valence-corrected chi connectivity index (χ2v) is 6.47. The molecular weight excluding hydrogens is 326 g/mol. The summed E-state index contributed by atoms with van der Waals surface area (Å²) in [4.78, 5) is 17.5. The summed E-state index contributed by atoms with van der Waals surface area (Å²) >= 11 is 0. The zero-order valence-electron chi connectivity index (χ0n) is 15.6. The van der Waals surface area contributed by atoms with E-state index in [0.29, 0.717) is 11.4 Å². The minimum absolute atomic E-state index is 0.0743. The first kappa shape index (κ1) is 17.9. The van der Waals surface area contributed by atoms with Crippen LogP contribution in [0.3, 0.4) is 0 Å². The molecule has 3 rings (SSSR count). The quantitative estimate of drug-likeness (QED) is 0.689. The summed E-state index contributed by atoms with van der Waals surface area (Å²) in [6.07, 6.45) is 0.881. The number of nitrogens with zero attached hydrogens (tertiary/aromatic N) is 3. The molecule has 5 heteroatoms. The van der Waals surface area contributed by atoms with E-state index in [1.54, 1.807) is 6.07 Å². The van der Waals surface area contributed by atoms with Crippen LogP contribution in [0.2, 0.25) is 0 Å². The Morgan fingerprint density at radius 1 is 1.12 bits per heavy atom. The molecule has 0 fully saturated rings. The highest BCUT2D eigenvalue weighted by atomic mass is 16.5. The molecule has 0 aliphatic carbocycles. The van der Waals surface area contributed by atoms with Gasteiger partial charge in [-0.15, -0.1) is 5.10 Å². The van der Waals surface area contributed by atoms with E-state index in [0.717, 1.165) is 17.5 Å². The summed E-state index contributed by atoms with van der Waals surface area (Å²) in [7, 11) is 0. The smallest absolute Gasteiger partial charge is 0.336 e. The van der Waals surface area contributed by atoms with Crippen LogP contribution in [0.15, 0.2) is 48.5 Å². The maximum absolute atomic E-state index is 13.1. The van der Waals surface area contributed by atoms with Crippen molar-refractivity contribution in [2.45, 2.75) is 40.2 Å². The van der Waals surface area contributed by atoms with E-state index >= 15 is 0 Å². The van der Waals surface area contributed by atoms with Crippen molar-refractivity contribution in [1.82, 2.24) is 14.8 Å². The van der Waals surface area contributed by atoms with E-state index in [4.69, 9.17) is 4.74 Å². The Kier molecular flexibility index (Phi) is 5.16. The van der Waals surface area contributed by atoms with Gasteiger partial charge in [-0.25, -0.2) is 0 Å². The second kappa shape index (κ2) is 7.52. The number of hydrogen-bond acceptors (Lipinski definition) is 4. The molecule has 1 aromatic heterocycles. The standard InChI is InChI=1S/C21H23N3O2/c1-5-16-10-12-17(13-11-16)19-22-21(26-14(2)3)23-24(19)20(25)18-9-7-6-8-15(18)4/h6-14H,5H2,1-4H3. The third kappa shape index (κ3) is 3.67. The Morgan fingerprint density at radius 3 is 2.42 bits per heavy atom. The summed E-state index contributed by atoms with van der Waals surface area (Å²) in [5, 5.41) is 4.32. The Balaban J connectivity index is 2.08. The molecule has 5 nitrogen and oxygen atoms in total. The first-order chi connectivity index (χ1) is 12.5. The molecule has 0 atom stereocenters. The van der Waals surface area contributed by atoms with Crippen molar-refractivity contribution in [1.29, 1.82) is 0 Å². The summed E-state index contributed by atoms with van der Waals surface area (Å²) < 4.78 is 6.96. The zero-order chi connectivity index (χ0) is 18.7. The highest BCUT2D eigenvalue weighted by Crippen LogP contribution is 2.23. The van der Waals surface area contributed by atoms with Gasteiger partial charge in [0.25, 0.3) is 5.91 Å². The number of carbonyl (C=O) groups is 1. The fourth-order valence-electron chi connectivity index (χ4n) is 2.70. The molecule has 26 heavy (non-hydrogen) atoms. The van der Waals surface area contributed by atoms with Crippen molar-refractivity contribution in [3.8, 4) is 17.4 Å². The van der Waals surface area contributed by atoms with Gasteiger partial charge < -0.3 is 4.74 Å². The molecule has 0 bridgehead atoms. The first-order valence-corrected chi connectivity index (χ1v) is 8.83. The predicted molar refractivity (Wildman–Crippen MR) is 102 cm³/mol. The molecule has 0 aliphatic heterocycles. The number of hydrogen-bond donors (Lipinski definition) is 0. The maximum Gasteiger partial charge on any atom is 0.336 e. The van der Waals surface area contributed by atoms with Crippen molar-refractivity contribution in [3.63, 3.8) is 0 Å². The second-order valence-electron chi connectivity index (χ2n) is 6.47. The van der Waals surface area contributed by atoms with Gasteiger partial charge in [-0.2, -0.15) is 9.67 Å². The first-order valence-electron chi connectivity index (χ1n) is 8.83. The van der Waals surface area contributed by atoms with Gasteiger partial charge in [0.1, 0.15) is 0 Å². The Morgan fingerprint density at radius 2 is 1.81 bits per heavy atom. The van der Waals surface area contributed by atoms with Crippen LogP contribution >= 0.6 is 0 Å². The monoisotopic (exact) mass is 349 g/mol. The molecule has 0 N–H and O–H groups in total. The van der Waals surface area contributed by atoms with Crippen LogP contribution in [0.4, 0.5) is 0 Å². The van der Waals surface area contributed by atoms with Crippen LogP contribution in [0.1, 0.15) is 42.3 Å². The van der Waals surface area contributed by atoms with E-state index < -0.39 is 0 Å². The summed E-state index contributed by atoms with van der Waals surface area (Å²) in [5.74, 6) is 0.264. The van der Waals surface area contributed by atoms with E-state index in [2.05, 4.69) is 17.0 Å². The SMILES string of the molecule is CCc1ccc(-c2nc(OC(C)C)nn2C(=O)c2ccccc2C)cc1. The number of aryl methyl sites for hydroxylation is 2. The van der Waals surface area contributed by atoms with Gasteiger partial charge in [0.2, 0.25) is 0 Å². The van der Waals surface area contributed by atoms with Crippen LogP contribution in [0.5, 0.6) is 6.01 Å². The van der Waals surface area contributed by atoms with Crippen molar-refractivity contribution >= 4 is 5.91 Å². The molecule has 0 unspecified atom stereocenters.